The van der Waals surface area contributed by atoms with E-state index in [4.69, 9.17) is 0 Å². The van der Waals surface area contributed by atoms with Gasteiger partial charge in [0.25, 0.3) is 0 Å². The Labute approximate surface area is 124 Å². The highest BCUT2D eigenvalue weighted by atomic mass is 15.2. The molecule has 4 rings (SSSR count). The highest BCUT2D eigenvalue weighted by Crippen LogP contribution is 2.32. The van der Waals surface area contributed by atoms with Gasteiger partial charge in [-0.25, -0.2) is 0 Å². The molecule has 2 aromatic heterocycles. The van der Waals surface area contributed by atoms with Gasteiger partial charge < -0.3 is 14.6 Å². The molecule has 0 spiro atoms. The first-order valence-corrected chi connectivity index (χ1v) is 7.55. The lowest BCUT2D eigenvalue weighted by Gasteiger charge is -2.28. The van der Waals surface area contributed by atoms with E-state index in [1.54, 1.807) is 0 Å². The lowest BCUT2D eigenvalue weighted by atomic mass is 10.1. The number of nitrogens with one attached hydrogen (secondary N) is 1. The van der Waals surface area contributed by atoms with E-state index in [9.17, 15) is 0 Å². The van der Waals surface area contributed by atoms with Crippen LogP contribution in [0.4, 0.5) is 5.69 Å². The highest BCUT2D eigenvalue weighted by Gasteiger charge is 2.17. The van der Waals surface area contributed by atoms with Crippen LogP contribution in [0.3, 0.4) is 0 Å². The molecule has 1 N–H and O–H groups in total. The summed E-state index contributed by atoms with van der Waals surface area (Å²) in [7, 11) is 0. The summed E-state index contributed by atoms with van der Waals surface area (Å²) in [5, 5.41) is 3.42. The second kappa shape index (κ2) is 5.26. The maximum Gasteiger partial charge on any atom is 0.0690 e. The van der Waals surface area contributed by atoms with E-state index < -0.39 is 0 Å². The molecule has 3 heterocycles. The Morgan fingerprint density at radius 1 is 0.857 bits per heavy atom. The van der Waals surface area contributed by atoms with Crippen LogP contribution < -0.4 is 10.2 Å². The van der Waals surface area contributed by atoms with Crippen molar-refractivity contribution >= 4 is 11.2 Å². The van der Waals surface area contributed by atoms with E-state index in [1.807, 2.05) is 0 Å². The van der Waals surface area contributed by atoms with Gasteiger partial charge in [0.2, 0.25) is 0 Å². The van der Waals surface area contributed by atoms with Crippen LogP contribution in [0, 0.1) is 0 Å². The zero-order valence-corrected chi connectivity index (χ0v) is 12.0. The fraction of sp³-hybridized carbons (Fsp3) is 0.222. The van der Waals surface area contributed by atoms with Crippen LogP contribution in [0.25, 0.3) is 16.8 Å². The van der Waals surface area contributed by atoms with E-state index >= 15 is 0 Å². The first-order chi connectivity index (χ1) is 10.4. The van der Waals surface area contributed by atoms with Crippen LogP contribution in [0.1, 0.15) is 0 Å². The van der Waals surface area contributed by atoms with Gasteiger partial charge in [0.1, 0.15) is 0 Å². The molecule has 0 saturated carbocycles. The van der Waals surface area contributed by atoms with Crippen LogP contribution in [0.15, 0.2) is 60.8 Å². The average Bonchev–Trinajstić information content (AvgIpc) is 2.96. The fourth-order valence-corrected chi connectivity index (χ4v) is 3.13. The minimum Gasteiger partial charge on any atom is -0.367 e. The summed E-state index contributed by atoms with van der Waals surface area (Å²) in [5.41, 5.74) is 5.16. The summed E-state index contributed by atoms with van der Waals surface area (Å²) >= 11 is 0. The van der Waals surface area contributed by atoms with Gasteiger partial charge in [-0.2, -0.15) is 0 Å². The number of fused-ring (bicyclic) bond motifs is 1. The van der Waals surface area contributed by atoms with Crippen molar-refractivity contribution in [3.05, 3.63) is 60.8 Å². The Morgan fingerprint density at radius 2 is 1.62 bits per heavy atom. The van der Waals surface area contributed by atoms with E-state index in [0.29, 0.717) is 0 Å². The molecule has 1 aliphatic rings. The Hall–Kier alpha value is -2.26. The van der Waals surface area contributed by atoms with Crippen molar-refractivity contribution in [2.75, 3.05) is 31.1 Å². The number of nitrogens with zero attached hydrogens (tertiary/aromatic N) is 2. The number of anilines is 1. The molecule has 106 valence electrons. The normalized spacial score (nSPS) is 15.5. The number of pyridine rings is 1. The van der Waals surface area contributed by atoms with Gasteiger partial charge in [-0.15, -0.1) is 0 Å². The van der Waals surface area contributed by atoms with E-state index in [1.165, 1.54) is 22.5 Å². The number of benzene rings is 1. The Bertz CT molecular complexity index is 740. The van der Waals surface area contributed by atoms with Crippen molar-refractivity contribution in [3.8, 4) is 11.3 Å². The average molecular weight is 277 g/mol. The van der Waals surface area contributed by atoms with Gasteiger partial charge in [0, 0.05) is 32.4 Å². The predicted molar refractivity (Wildman–Crippen MR) is 87.9 cm³/mol. The zero-order chi connectivity index (χ0) is 14.1. The van der Waals surface area contributed by atoms with Gasteiger partial charge in [0.15, 0.2) is 0 Å². The molecule has 1 saturated heterocycles. The summed E-state index contributed by atoms with van der Waals surface area (Å²) in [5.74, 6) is 0. The quantitative estimate of drug-likeness (QED) is 0.777. The predicted octanol–water partition coefficient (Wildman–Crippen LogP) is 3.02. The van der Waals surface area contributed by atoms with Crippen LogP contribution >= 0.6 is 0 Å². The summed E-state index contributed by atoms with van der Waals surface area (Å²) < 4.78 is 2.30. The third-order valence-corrected chi connectivity index (χ3v) is 4.18. The molecule has 0 radical (unpaired) electrons. The Balaban J connectivity index is 1.88. The zero-order valence-electron chi connectivity index (χ0n) is 12.0. The molecule has 3 nitrogen and oxygen atoms in total. The van der Waals surface area contributed by atoms with Crippen LogP contribution in [-0.2, 0) is 0 Å². The van der Waals surface area contributed by atoms with Gasteiger partial charge in [-0.3, -0.25) is 0 Å². The van der Waals surface area contributed by atoms with Gasteiger partial charge in [0.05, 0.1) is 16.9 Å². The smallest absolute Gasteiger partial charge is 0.0690 e. The fourth-order valence-electron chi connectivity index (χ4n) is 3.13. The van der Waals surface area contributed by atoms with Crippen molar-refractivity contribution < 1.29 is 0 Å². The standard InChI is InChI=1S/C18H19N3/c1-2-6-15(7-3-1)17-14-18(20-12-9-19-10-13-20)16-8-4-5-11-21(16)17/h1-8,11,14,19H,9-10,12-13H2. The molecule has 0 aliphatic carbocycles. The first-order valence-electron chi connectivity index (χ1n) is 7.55. The summed E-state index contributed by atoms with van der Waals surface area (Å²) in [6, 6.07) is 19.4. The maximum atomic E-state index is 3.42. The van der Waals surface area contributed by atoms with Crippen molar-refractivity contribution in [2.24, 2.45) is 0 Å². The minimum atomic E-state index is 1.06. The summed E-state index contributed by atoms with van der Waals surface area (Å²) in [6.45, 7) is 4.27. The van der Waals surface area contributed by atoms with Crippen LogP contribution in [0.5, 0.6) is 0 Å². The van der Waals surface area contributed by atoms with Crippen LogP contribution in [-0.4, -0.2) is 30.6 Å². The van der Waals surface area contributed by atoms with Crippen molar-refractivity contribution in [1.82, 2.24) is 9.72 Å². The van der Waals surface area contributed by atoms with Crippen LogP contribution in [0.2, 0.25) is 0 Å². The molecule has 1 aliphatic heterocycles. The monoisotopic (exact) mass is 277 g/mol. The van der Waals surface area contributed by atoms with E-state index in [2.05, 4.69) is 75.4 Å². The number of hydrogen-bond acceptors (Lipinski definition) is 2. The molecule has 1 aromatic carbocycles. The van der Waals surface area contributed by atoms with Gasteiger partial charge >= 0.3 is 0 Å². The molecular formula is C18H19N3. The van der Waals surface area contributed by atoms with E-state index in [0.717, 1.165) is 26.2 Å². The summed E-state index contributed by atoms with van der Waals surface area (Å²) in [6.07, 6.45) is 2.16. The van der Waals surface area contributed by atoms with Crippen molar-refractivity contribution in [1.29, 1.82) is 0 Å². The molecule has 0 amide bonds. The van der Waals surface area contributed by atoms with Gasteiger partial charge in [-0.1, -0.05) is 36.4 Å². The number of hydrogen-bond donors (Lipinski definition) is 1. The van der Waals surface area contributed by atoms with E-state index in [-0.39, 0.29) is 0 Å². The largest absolute Gasteiger partial charge is 0.367 e. The maximum absolute atomic E-state index is 3.42. The molecule has 3 aromatic rings. The first kappa shape index (κ1) is 12.5. The topological polar surface area (TPSA) is 19.7 Å². The highest BCUT2D eigenvalue weighted by molar-refractivity contribution is 5.82. The Morgan fingerprint density at radius 3 is 2.43 bits per heavy atom. The lowest BCUT2D eigenvalue weighted by molar-refractivity contribution is 0.590. The van der Waals surface area contributed by atoms with Crippen molar-refractivity contribution in [2.45, 2.75) is 0 Å². The molecule has 0 bridgehead atoms. The molecule has 3 heteroatoms. The summed E-state index contributed by atoms with van der Waals surface area (Å²) in [4.78, 5) is 2.48. The molecule has 21 heavy (non-hydrogen) atoms. The second-order valence-corrected chi connectivity index (χ2v) is 5.47. The molecule has 0 atom stereocenters. The second-order valence-electron chi connectivity index (χ2n) is 5.47. The number of aromatic nitrogens is 1. The Kier molecular flexibility index (Phi) is 3.13. The van der Waals surface area contributed by atoms with Crippen molar-refractivity contribution in [3.63, 3.8) is 0 Å². The third kappa shape index (κ3) is 2.20. The minimum absolute atomic E-state index is 1.06. The third-order valence-electron chi connectivity index (χ3n) is 4.18. The molecular weight excluding hydrogens is 258 g/mol. The lowest BCUT2D eigenvalue weighted by Crippen LogP contribution is -2.43. The number of piperazine rings is 1. The molecule has 1 fully saturated rings. The SMILES string of the molecule is c1ccc(-c2cc(N3CCNCC3)c3ccccn23)cc1. The van der Waals surface area contributed by atoms with Gasteiger partial charge in [-0.05, 0) is 23.8 Å². The molecule has 0 unspecified atom stereocenters. The number of rotatable bonds is 2.